The Bertz CT molecular complexity index is 1030. The van der Waals surface area contributed by atoms with Gasteiger partial charge in [-0.25, -0.2) is 4.79 Å². The number of hydrogen-bond acceptors (Lipinski definition) is 3. The maximum atomic E-state index is 11.2. The normalized spacial score (nSPS) is 11.0. The summed E-state index contributed by atoms with van der Waals surface area (Å²) < 4.78 is 6.58. The van der Waals surface area contributed by atoms with E-state index in [4.69, 9.17) is 16.6 Å². The Hall–Kier alpha value is -2.98. The quantitative estimate of drug-likeness (QED) is 0.470. The van der Waals surface area contributed by atoms with Crippen molar-refractivity contribution >= 4 is 41.3 Å². The largest absolute Gasteiger partial charge is 0.478 e. The zero-order valence-electron chi connectivity index (χ0n) is 13.4. The molecule has 3 aromatic rings. The summed E-state index contributed by atoms with van der Waals surface area (Å²) in [5.74, 6) is -0.334. The van der Waals surface area contributed by atoms with E-state index in [1.165, 1.54) is 6.07 Å². The highest BCUT2D eigenvalue weighted by Crippen LogP contribution is 2.26. The van der Waals surface area contributed by atoms with Crippen molar-refractivity contribution in [2.24, 2.45) is 0 Å². The van der Waals surface area contributed by atoms with Gasteiger partial charge in [-0.1, -0.05) is 54.7 Å². The Balaban J connectivity index is 2.17. The van der Waals surface area contributed by atoms with Crippen LogP contribution in [0.4, 0.5) is 0 Å². The molecule has 25 heavy (non-hydrogen) atoms. The van der Waals surface area contributed by atoms with Crippen LogP contribution in [0.3, 0.4) is 0 Å². The zero-order chi connectivity index (χ0) is 17.8. The Morgan fingerprint density at radius 1 is 1.16 bits per heavy atom. The van der Waals surface area contributed by atoms with Crippen LogP contribution in [0.2, 0.25) is 0 Å². The topological polar surface area (TPSA) is 50.4 Å². The highest BCUT2D eigenvalue weighted by atomic mass is 32.1. The van der Waals surface area contributed by atoms with Crippen LogP contribution in [0.15, 0.2) is 65.6 Å². The summed E-state index contributed by atoms with van der Waals surface area (Å²) in [6.07, 6.45) is 6.14. The minimum atomic E-state index is -0.991. The molecule has 3 nitrogen and oxygen atoms in total. The summed E-state index contributed by atoms with van der Waals surface area (Å²) in [6.45, 7) is 3.78. The molecule has 0 spiro atoms. The van der Waals surface area contributed by atoms with Gasteiger partial charge in [-0.15, -0.1) is 6.58 Å². The fourth-order valence-electron chi connectivity index (χ4n) is 2.59. The van der Waals surface area contributed by atoms with E-state index in [0.29, 0.717) is 27.7 Å². The van der Waals surface area contributed by atoms with Crippen molar-refractivity contribution in [1.82, 2.24) is 0 Å². The molecule has 0 radical (unpaired) electrons. The molecule has 0 atom stereocenters. The van der Waals surface area contributed by atoms with Crippen molar-refractivity contribution in [3.63, 3.8) is 0 Å². The van der Waals surface area contributed by atoms with E-state index >= 15 is 0 Å². The molecule has 2 aromatic carbocycles. The van der Waals surface area contributed by atoms with Gasteiger partial charge in [0.15, 0.2) is 0 Å². The van der Waals surface area contributed by atoms with Gasteiger partial charge in [-0.2, -0.15) is 0 Å². The molecular formula is C21H16O3S. The predicted molar refractivity (Wildman–Crippen MR) is 103 cm³/mol. The van der Waals surface area contributed by atoms with Crippen molar-refractivity contribution in [3.05, 3.63) is 88.1 Å². The van der Waals surface area contributed by atoms with E-state index in [9.17, 15) is 9.90 Å². The van der Waals surface area contributed by atoms with E-state index in [2.05, 4.69) is 6.58 Å². The van der Waals surface area contributed by atoms with Gasteiger partial charge < -0.3 is 9.52 Å². The molecule has 1 N–H and O–H groups in total. The van der Waals surface area contributed by atoms with Gasteiger partial charge >= 0.3 is 5.97 Å². The van der Waals surface area contributed by atoms with E-state index in [-0.39, 0.29) is 5.56 Å². The molecule has 0 unspecified atom stereocenters. The first-order valence-electron chi connectivity index (χ1n) is 7.77. The SMILES string of the molecule is C=CCc1c(C=Cc2ccccc2)oc2ccc(C(=O)O)cc2c1=S. The third-order valence-corrected chi connectivity index (χ3v) is 4.30. The number of benzene rings is 2. The second-order valence-electron chi connectivity index (χ2n) is 5.53. The first kappa shape index (κ1) is 16.9. The van der Waals surface area contributed by atoms with Crippen molar-refractivity contribution in [2.75, 3.05) is 0 Å². The van der Waals surface area contributed by atoms with Gasteiger partial charge in [0, 0.05) is 10.9 Å². The summed E-state index contributed by atoms with van der Waals surface area (Å²) in [5, 5.41) is 9.81. The number of allylic oxidation sites excluding steroid dienone is 1. The lowest BCUT2D eigenvalue weighted by Gasteiger charge is -2.08. The van der Waals surface area contributed by atoms with Crippen LogP contribution >= 0.6 is 12.2 Å². The predicted octanol–water partition coefficient (Wildman–Crippen LogP) is 5.76. The third kappa shape index (κ3) is 3.59. The number of hydrogen-bond donors (Lipinski definition) is 1. The summed E-state index contributed by atoms with van der Waals surface area (Å²) in [7, 11) is 0. The highest BCUT2D eigenvalue weighted by Gasteiger charge is 2.11. The zero-order valence-corrected chi connectivity index (χ0v) is 14.3. The molecule has 0 bridgehead atoms. The molecule has 124 valence electrons. The number of rotatable bonds is 5. The standard InChI is InChI=1S/C21H16O3S/c1-2-6-16-18(11-9-14-7-4-3-5-8-14)24-19-12-10-15(21(22)23)13-17(19)20(16)25/h2-5,7-13H,1,6H2,(H,22,23). The summed E-state index contributed by atoms with van der Waals surface area (Å²) in [4.78, 5) is 11.2. The van der Waals surface area contributed by atoms with E-state index < -0.39 is 5.97 Å². The molecule has 0 amide bonds. The van der Waals surface area contributed by atoms with Gasteiger partial charge in [0.2, 0.25) is 0 Å². The van der Waals surface area contributed by atoms with Crippen molar-refractivity contribution in [1.29, 1.82) is 0 Å². The first-order chi connectivity index (χ1) is 12.1. The second kappa shape index (κ2) is 7.28. The molecule has 0 aliphatic rings. The minimum absolute atomic E-state index is 0.186. The monoisotopic (exact) mass is 348 g/mol. The fraction of sp³-hybridized carbons (Fsp3) is 0.0476. The number of carboxylic acids is 1. The lowest BCUT2D eigenvalue weighted by Crippen LogP contribution is -1.97. The smallest absolute Gasteiger partial charge is 0.335 e. The molecule has 0 aliphatic carbocycles. The Kier molecular flexibility index (Phi) is 4.91. The van der Waals surface area contributed by atoms with Gasteiger partial charge in [0.1, 0.15) is 11.3 Å². The van der Waals surface area contributed by atoms with Crippen LogP contribution in [0.5, 0.6) is 0 Å². The number of aromatic carboxylic acids is 1. The average molecular weight is 348 g/mol. The van der Waals surface area contributed by atoms with Crippen LogP contribution in [0.1, 0.15) is 27.2 Å². The number of carboxylic acid groups (broad SMARTS) is 1. The minimum Gasteiger partial charge on any atom is -0.478 e. The second-order valence-corrected chi connectivity index (χ2v) is 5.94. The summed E-state index contributed by atoms with van der Waals surface area (Å²) in [6, 6.07) is 14.6. The Labute approximate surface area is 150 Å². The van der Waals surface area contributed by atoms with Crippen LogP contribution in [-0.2, 0) is 6.42 Å². The molecule has 1 heterocycles. The van der Waals surface area contributed by atoms with Crippen molar-refractivity contribution < 1.29 is 14.3 Å². The van der Waals surface area contributed by atoms with Crippen LogP contribution in [0, 0.1) is 4.51 Å². The molecule has 1 aromatic heterocycles. The highest BCUT2D eigenvalue weighted by molar-refractivity contribution is 7.71. The number of carbonyl (C=O) groups is 1. The molecule has 0 saturated carbocycles. The van der Waals surface area contributed by atoms with Crippen LogP contribution in [0.25, 0.3) is 23.1 Å². The third-order valence-electron chi connectivity index (χ3n) is 3.84. The van der Waals surface area contributed by atoms with Gasteiger partial charge in [0.25, 0.3) is 0 Å². The maximum absolute atomic E-state index is 11.2. The summed E-state index contributed by atoms with van der Waals surface area (Å²) >= 11 is 5.59. The molecule has 0 fully saturated rings. The Morgan fingerprint density at radius 2 is 1.92 bits per heavy atom. The molecule has 0 saturated heterocycles. The maximum Gasteiger partial charge on any atom is 0.335 e. The Morgan fingerprint density at radius 3 is 2.60 bits per heavy atom. The summed E-state index contributed by atoms with van der Waals surface area (Å²) in [5.41, 5.74) is 2.63. The van der Waals surface area contributed by atoms with Crippen molar-refractivity contribution in [3.8, 4) is 0 Å². The van der Waals surface area contributed by atoms with Gasteiger partial charge in [-0.05, 0) is 36.3 Å². The lowest BCUT2D eigenvalue weighted by atomic mass is 10.1. The lowest BCUT2D eigenvalue weighted by molar-refractivity contribution is 0.0697. The number of fused-ring (bicyclic) bond motifs is 1. The first-order valence-corrected chi connectivity index (χ1v) is 8.18. The van der Waals surface area contributed by atoms with E-state index in [1.807, 2.05) is 42.5 Å². The van der Waals surface area contributed by atoms with Crippen LogP contribution < -0.4 is 0 Å². The molecular weight excluding hydrogens is 332 g/mol. The molecule has 0 aliphatic heterocycles. The fourth-order valence-corrected chi connectivity index (χ4v) is 2.94. The van der Waals surface area contributed by atoms with E-state index in [1.54, 1.807) is 18.2 Å². The molecule has 3 rings (SSSR count). The van der Waals surface area contributed by atoms with Crippen molar-refractivity contribution in [2.45, 2.75) is 6.42 Å². The van der Waals surface area contributed by atoms with Gasteiger partial charge in [0.05, 0.1) is 10.1 Å². The van der Waals surface area contributed by atoms with Crippen LogP contribution in [-0.4, -0.2) is 11.1 Å². The molecule has 4 heteroatoms. The average Bonchev–Trinajstić information content (AvgIpc) is 2.63. The van der Waals surface area contributed by atoms with Gasteiger partial charge in [-0.3, -0.25) is 0 Å². The van der Waals surface area contributed by atoms with E-state index in [0.717, 1.165) is 11.1 Å².